The van der Waals surface area contributed by atoms with Gasteiger partial charge in [-0.15, -0.1) is 0 Å². The third kappa shape index (κ3) is 2.41. The maximum atomic E-state index is 12.1. The molecule has 20 heavy (non-hydrogen) atoms. The lowest BCUT2D eigenvalue weighted by atomic mass is 10.2. The van der Waals surface area contributed by atoms with Crippen LogP contribution >= 0.6 is 0 Å². The number of amides is 3. The Morgan fingerprint density at radius 1 is 1.25 bits per heavy atom. The van der Waals surface area contributed by atoms with Crippen molar-refractivity contribution in [2.75, 3.05) is 19.6 Å². The first-order valence-electron chi connectivity index (χ1n) is 6.69. The summed E-state index contributed by atoms with van der Waals surface area (Å²) in [4.78, 5) is 42.7. The Kier molecular flexibility index (Phi) is 4.12. The first-order chi connectivity index (χ1) is 9.60. The van der Waals surface area contributed by atoms with Gasteiger partial charge in [0.2, 0.25) is 5.91 Å². The summed E-state index contributed by atoms with van der Waals surface area (Å²) in [7, 11) is 0. The lowest BCUT2D eigenvalue weighted by molar-refractivity contribution is -0.130. The van der Waals surface area contributed by atoms with Crippen LogP contribution in [0.4, 0.5) is 0 Å². The molecule has 1 aromatic heterocycles. The van der Waals surface area contributed by atoms with Gasteiger partial charge < -0.3 is 4.90 Å². The fourth-order valence-corrected chi connectivity index (χ4v) is 2.26. The average Bonchev–Trinajstić information content (AvgIpc) is 2.71. The highest BCUT2D eigenvalue weighted by atomic mass is 16.2. The van der Waals surface area contributed by atoms with Crippen LogP contribution in [0.1, 0.15) is 41.1 Å². The van der Waals surface area contributed by atoms with Crippen LogP contribution in [0, 0.1) is 0 Å². The number of hydrogen-bond donors (Lipinski definition) is 0. The molecular formula is C14H17N3O3. The van der Waals surface area contributed by atoms with Gasteiger partial charge in [0.1, 0.15) is 5.69 Å². The lowest BCUT2D eigenvalue weighted by Gasteiger charge is -2.20. The molecule has 106 valence electrons. The standard InChI is InChI=1S/C14H17N3O3/c1-3-16(4-2)11(18)7-9-17-13(19)10-6-5-8-15-12(10)14(17)20/h5-6,8H,3-4,7,9H2,1-2H3. The van der Waals surface area contributed by atoms with Gasteiger partial charge in [0.05, 0.1) is 5.56 Å². The minimum Gasteiger partial charge on any atom is -0.343 e. The van der Waals surface area contributed by atoms with Gasteiger partial charge in [-0.25, -0.2) is 0 Å². The van der Waals surface area contributed by atoms with Crippen molar-refractivity contribution in [1.29, 1.82) is 0 Å². The normalized spacial score (nSPS) is 13.6. The number of fused-ring (bicyclic) bond motifs is 1. The van der Waals surface area contributed by atoms with Gasteiger partial charge in [-0.05, 0) is 26.0 Å². The maximum absolute atomic E-state index is 12.1. The molecule has 0 aromatic carbocycles. The van der Waals surface area contributed by atoms with Crippen LogP contribution in [-0.2, 0) is 4.79 Å². The molecule has 0 N–H and O–H groups in total. The van der Waals surface area contributed by atoms with E-state index in [1.807, 2.05) is 13.8 Å². The summed E-state index contributed by atoms with van der Waals surface area (Å²) < 4.78 is 0. The molecule has 0 atom stereocenters. The lowest BCUT2D eigenvalue weighted by Crippen LogP contribution is -2.36. The second-order valence-electron chi connectivity index (χ2n) is 4.48. The molecule has 3 amide bonds. The molecule has 0 spiro atoms. The van der Waals surface area contributed by atoms with Gasteiger partial charge in [-0.1, -0.05) is 0 Å². The second-order valence-corrected chi connectivity index (χ2v) is 4.48. The summed E-state index contributed by atoms with van der Waals surface area (Å²) >= 11 is 0. The predicted molar refractivity (Wildman–Crippen MR) is 72.1 cm³/mol. The molecule has 1 aliphatic rings. The number of aromatic nitrogens is 1. The van der Waals surface area contributed by atoms with E-state index in [-0.39, 0.29) is 30.5 Å². The minimum absolute atomic E-state index is 0.0560. The van der Waals surface area contributed by atoms with Crippen molar-refractivity contribution in [2.45, 2.75) is 20.3 Å². The van der Waals surface area contributed by atoms with Crippen molar-refractivity contribution in [1.82, 2.24) is 14.8 Å². The van der Waals surface area contributed by atoms with Crippen molar-refractivity contribution in [3.8, 4) is 0 Å². The third-order valence-electron chi connectivity index (χ3n) is 3.40. The molecule has 2 rings (SSSR count). The summed E-state index contributed by atoms with van der Waals surface area (Å²) in [6.07, 6.45) is 1.63. The Morgan fingerprint density at radius 3 is 2.55 bits per heavy atom. The second kappa shape index (κ2) is 5.81. The molecule has 1 aliphatic heterocycles. The van der Waals surface area contributed by atoms with Crippen LogP contribution < -0.4 is 0 Å². The smallest absolute Gasteiger partial charge is 0.280 e. The highest BCUT2D eigenvalue weighted by molar-refractivity contribution is 6.20. The summed E-state index contributed by atoms with van der Waals surface area (Å²) in [5.41, 5.74) is 0.487. The number of imide groups is 1. The van der Waals surface area contributed by atoms with Gasteiger partial charge in [0.25, 0.3) is 11.8 Å². The van der Waals surface area contributed by atoms with Gasteiger partial charge in [0.15, 0.2) is 0 Å². The minimum atomic E-state index is -0.419. The van der Waals surface area contributed by atoms with Crippen molar-refractivity contribution in [2.24, 2.45) is 0 Å². The van der Waals surface area contributed by atoms with E-state index in [2.05, 4.69) is 4.98 Å². The summed E-state index contributed by atoms with van der Waals surface area (Å²) in [6, 6.07) is 3.20. The third-order valence-corrected chi connectivity index (χ3v) is 3.40. The first-order valence-corrected chi connectivity index (χ1v) is 6.69. The van der Waals surface area contributed by atoms with Crippen molar-refractivity contribution in [3.05, 3.63) is 29.6 Å². The van der Waals surface area contributed by atoms with E-state index in [0.717, 1.165) is 4.90 Å². The van der Waals surface area contributed by atoms with E-state index in [1.54, 1.807) is 17.0 Å². The molecule has 0 unspecified atom stereocenters. The zero-order valence-electron chi connectivity index (χ0n) is 11.6. The van der Waals surface area contributed by atoms with Gasteiger partial charge in [-0.2, -0.15) is 0 Å². The van der Waals surface area contributed by atoms with E-state index < -0.39 is 5.91 Å². The summed E-state index contributed by atoms with van der Waals surface area (Å²) in [5.74, 6) is -0.845. The molecule has 0 bridgehead atoms. The van der Waals surface area contributed by atoms with Crippen LogP contribution in [0.25, 0.3) is 0 Å². The van der Waals surface area contributed by atoms with E-state index in [0.29, 0.717) is 18.7 Å². The molecule has 6 nitrogen and oxygen atoms in total. The topological polar surface area (TPSA) is 70.6 Å². The van der Waals surface area contributed by atoms with Gasteiger partial charge in [0, 0.05) is 32.3 Å². The number of carbonyl (C=O) groups is 3. The Labute approximate surface area is 117 Å². The predicted octanol–water partition coefficient (Wildman–Crippen LogP) is 0.936. The van der Waals surface area contributed by atoms with E-state index in [1.165, 1.54) is 6.20 Å². The molecule has 6 heteroatoms. The first kappa shape index (κ1) is 14.2. The number of rotatable bonds is 5. The average molecular weight is 275 g/mol. The van der Waals surface area contributed by atoms with Crippen LogP contribution in [0.5, 0.6) is 0 Å². The van der Waals surface area contributed by atoms with Crippen LogP contribution in [0.2, 0.25) is 0 Å². The fourth-order valence-electron chi connectivity index (χ4n) is 2.26. The molecular weight excluding hydrogens is 258 g/mol. The van der Waals surface area contributed by atoms with Crippen molar-refractivity contribution < 1.29 is 14.4 Å². The highest BCUT2D eigenvalue weighted by Crippen LogP contribution is 2.20. The Balaban J connectivity index is 2.04. The van der Waals surface area contributed by atoms with E-state index in [4.69, 9.17) is 0 Å². The van der Waals surface area contributed by atoms with Crippen molar-refractivity contribution in [3.63, 3.8) is 0 Å². The van der Waals surface area contributed by atoms with Crippen LogP contribution in [0.3, 0.4) is 0 Å². The fraction of sp³-hybridized carbons (Fsp3) is 0.429. The zero-order chi connectivity index (χ0) is 14.7. The number of pyridine rings is 1. The van der Waals surface area contributed by atoms with Crippen LogP contribution in [0.15, 0.2) is 18.3 Å². The van der Waals surface area contributed by atoms with E-state index >= 15 is 0 Å². The summed E-state index contributed by atoms with van der Waals surface area (Å²) in [5, 5.41) is 0. The molecule has 0 aliphatic carbocycles. The van der Waals surface area contributed by atoms with Gasteiger partial charge >= 0.3 is 0 Å². The molecule has 1 aromatic rings. The number of nitrogens with zero attached hydrogens (tertiary/aromatic N) is 3. The number of carbonyl (C=O) groups excluding carboxylic acids is 3. The maximum Gasteiger partial charge on any atom is 0.280 e. The Hall–Kier alpha value is -2.24. The largest absolute Gasteiger partial charge is 0.343 e. The van der Waals surface area contributed by atoms with Gasteiger partial charge in [-0.3, -0.25) is 24.3 Å². The molecule has 2 heterocycles. The quantitative estimate of drug-likeness (QED) is 0.750. The molecule has 0 radical (unpaired) electrons. The van der Waals surface area contributed by atoms with E-state index in [9.17, 15) is 14.4 Å². The monoisotopic (exact) mass is 275 g/mol. The SMILES string of the molecule is CCN(CC)C(=O)CCN1C(=O)c2cccnc2C1=O. The van der Waals surface area contributed by atoms with Crippen molar-refractivity contribution >= 4 is 17.7 Å². The number of hydrogen-bond acceptors (Lipinski definition) is 4. The highest BCUT2D eigenvalue weighted by Gasteiger charge is 2.36. The molecule has 0 saturated carbocycles. The summed E-state index contributed by atoms with van der Waals surface area (Å²) in [6.45, 7) is 5.14. The molecule has 0 saturated heterocycles. The van der Waals surface area contributed by atoms with Crippen LogP contribution in [-0.4, -0.2) is 52.1 Å². The zero-order valence-corrected chi connectivity index (χ0v) is 11.6. The Morgan fingerprint density at radius 2 is 1.95 bits per heavy atom. The Bertz CT molecular complexity index is 517. The molecule has 0 fully saturated rings.